The number of aliphatic hydroxyl groups excluding tert-OH is 5. The minimum absolute atomic E-state index is 0.0377. The number of ether oxygens (including phenoxy) is 1. The molecule has 0 saturated carbocycles. The first-order valence-electron chi connectivity index (χ1n) is 5.17. The predicted octanol–water partition coefficient (Wildman–Crippen LogP) is -3.34. The zero-order valence-electron chi connectivity index (χ0n) is 9.12. The fraction of sp³-hybridized carbons (Fsp3) is 1.00. The van der Waals surface area contributed by atoms with Crippen LogP contribution >= 0.6 is 0 Å². The van der Waals surface area contributed by atoms with Gasteiger partial charge < -0.3 is 35.6 Å². The van der Waals surface area contributed by atoms with Gasteiger partial charge in [-0.2, -0.15) is 0 Å². The van der Waals surface area contributed by atoms with Crippen molar-refractivity contribution in [1.29, 1.82) is 0 Å². The summed E-state index contributed by atoms with van der Waals surface area (Å²) in [6.45, 7) is 0.545. The Morgan fingerprint density at radius 2 is 1.69 bits per heavy atom. The second-order valence-electron chi connectivity index (χ2n) is 3.35. The molecule has 0 radical (unpaired) electrons. The Morgan fingerprint density at radius 3 is 2.25 bits per heavy atom. The molecule has 6 N–H and O–H groups in total. The van der Waals surface area contributed by atoms with E-state index in [0.717, 1.165) is 0 Å². The van der Waals surface area contributed by atoms with Gasteiger partial charge in [-0.05, 0) is 0 Å². The van der Waals surface area contributed by atoms with Crippen LogP contribution in [0.4, 0.5) is 0 Å². The van der Waals surface area contributed by atoms with Crippen molar-refractivity contribution in [2.75, 3.05) is 39.5 Å². The van der Waals surface area contributed by atoms with E-state index >= 15 is 0 Å². The molecule has 0 bridgehead atoms. The molecule has 0 fully saturated rings. The van der Waals surface area contributed by atoms with Gasteiger partial charge in [0.1, 0.15) is 12.2 Å². The molecule has 0 spiro atoms. The summed E-state index contributed by atoms with van der Waals surface area (Å²) in [5.41, 5.74) is 0. The lowest BCUT2D eigenvalue weighted by molar-refractivity contribution is -0.0751. The van der Waals surface area contributed by atoms with Gasteiger partial charge in [-0.25, -0.2) is 0 Å². The van der Waals surface area contributed by atoms with Crippen molar-refractivity contribution in [3.05, 3.63) is 0 Å². The SMILES string of the molecule is OCCOCCNCC(O)C(O)C(O)CO. The molecule has 0 aromatic carbocycles. The first-order chi connectivity index (χ1) is 7.63. The highest BCUT2D eigenvalue weighted by Gasteiger charge is 2.23. The van der Waals surface area contributed by atoms with Gasteiger partial charge in [-0.15, -0.1) is 0 Å². The van der Waals surface area contributed by atoms with Gasteiger partial charge in [0.05, 0.1) is 32.5 Å². The first-order valence-corrected chi connectivity index (χ1v) is 5.17. The fourth-order valence-corrected chi connectivity index (χ4v) is 1.05. The van der Waals surface area contributed by atoms with Crippen LogP contribution in [-0.2, 0) is 4.74 Å². The molecule has 0 rings (SSSR count). The molecule has 0 saturated heterocycles. The van der Waals surface area contributed by atoms with Crippen LogP contribution in [0.1, 0.15) is 0 Å². The smallest absolute Gasteiger partial charge is 0.109 e. The van der Waals surface area contributed by atoms with Crippen LogP contribution in [0.3, 0.4) is 0 Å². The third-order valence-corrected chi connectivity index (χ3v) is 1.99. The van der Waals surface area contributed by atoms with Crippen molar-refractivity contribution >= 4 is 0 Å². The molecule has 0 aromatic heterocycles. The number of nitrogens with one attached hydrogen (secondary N) is 1. The highest BCUT2D eigenvalue weighted by Crippen LogP contribution is 1.98. The van der Waals surface area contributed by atoms with Crippen LogP contribution in [-0.4, -0.2) is 83.4 Å². The highest BCUT2D eigenvalue weighted by atomic mass is 16.5. The van der Waals surface area contributed by atoms with Crippen LogP contribution in [0.5, 0.6) is 0 Å². The quantitative estimate of drug-likeness (QED) is 0.220. The molecule has 0 aliphatic heterocycles. The normalized spacial score (nSPS) is 17.1. The summed E-state index contributed by atoms with van der Waals surface area (Å²) in [7, 11) is 0. The maximum absolute atomic E-state index is 9.36. The molecule has 7 nitrogen and oxygen atoms in total. The van der Waals surface area contributed by atoms with E-state index in [1.165, 1.54) is 0 Å². The molecule has 7 heteroatoms. The molecule has 98 valence electrons. The van der Waals surface area contributed by atoms with Crippen LogP contribution in [0.25, 0.3) is 0 Å². The van der Waals surface area contributed by atoms with Crippen molar-refractivity contribution in [1.82, 2.24) is 5.32 Å². The zero-order valence-corrected chi connectivity index (χ0v) is 9.12. The van der Waals surface area contributed by atoms with Crippen molar-refractivity contribution in [3.8, 4) is 0 Å². The van der Waals surface area contributed by atoms with E-state index < -0.39 is 24.9 Å². The fourth-order valence-electron chi connectivity index (χ4n) is 1.05. The Morgan fingerprint density at radius 1 is 1.00 bits per heavy atom. The van der Waals surface area contributed by atoms with Crippen molar-refractivity contribution in [2.24, 2.45) is 0 Å². The number of hydrogen-bond acceptors (Lipinski definition) is 7. The van der Waals surface area contributed by atoms with E-state index in [1.54, 1.807) is 0 Å². The van der Waals surface area contributed by atoms with Crippen molar-refractivity contribution in [3.63, 3.8) is 0 Å². The topological polar surface area (TPSA) is 122 Å². The van der Waals surface area contributed by atoms with Gasteiger partial charge in [0, 0.05) is 13.1 Å². The third kappa shape index (κ3) is 7.07. The Labute approximate surface area is 94.3 Å². The van der Waals surface area contributed by atoms with Gasteiger partial charge in [0.25, 0.3) is 0 Å². The first kappa shape index (κ1) is 15.7. The number of aliphatic hydroxyl groups is 5. The Kier molecular flexibility index (Phi) is 9.74. The van der Waals surface area contributed by atoms with Gasteiger partial charge in [0.2, 0.25) is 0 Å². The molecular formula is C9H21NO6. The second kappa shape index (κ2) is 9.91. The molecular weight excluding hydrogens is 218 g/mol. The summed E-state index contributed by atoms with van der Waals surface area (Å²) >= 11 is 0. The molecule has 0 aliphatic rings. The van der Waals surface area contributed by atoms with E-state index in [4.69, 9.17) is 20.1 Å². The van der Waals surface area contributed by atoms with Gasteiger partial charge >= 0.3 is 0 Å². The van der Waals surface area contributed by atoms with Gasteiger partial charge in [0.15, 0.2) is 0 Å². The minimum atomic E-state index is -1.38. The number of rotatable bonds is 10. The van der Waals surface area contributed by atoms with Gasteiger partial charge in [-0.1, -0.05) is 0 Å². The van der Waals surface area contributed by atoms with E-state index in [-0.39, 0.29) is 19.8 Å². The average Bonchev–Trinajstić information content (AvgIpc) is 2.31. The maximum atomic E-state index is 9.36. The van der Waals surface area contributed by atoms with E-state index in [0.29, 0.717) is 13.2 Å². The summed E-state index contributed by atoms with van der Waals surface area (Å²) in [6.07, 6.45) is -3.88. The van der Waals surface area contributed by atoms with Crippen molar-refractivity contribution in [2.45, 2.75) is 18.3 Å². The molecule has 0 heterocycles. The monoisotopic (exact) mass is 239 g/mol. The van der Waals surface area contributed by atoms with E-state index in [9.17, 15) is 10.2 Å². The molecule has 3 atom stereocenters. The lowest BCUT2D eigenvalue weighted by Gasteiger charge is -2.21. The summed E-state index contributed by atoms with van der Waals surface area (Å²) in [4.78, 5) is 0. The summed E-state index contributed by atoms with van der Waals surface area (Å²) < 4.78 is 4.95. The van der Waals surface area contributed by atoms with Crippen LogP contribution in [0.15, 0.2) is 0 Å². The van der Waals surface area contributed by atoms with Crippen LogP contribution in [0.2, 0.25) is 0 Å². The molecule has 0 aliphatic carbocycles. The van der Waals surface area contributed by atoms with Crippen LogP contribution in [0, 0.1) is 0 Å². The van der Waals surface area contributed by atoms with Crippen LogP contribution < -0.4 is 5.32 Å². The lowest BCUT2D eigenvalue weighted by atomic mass is 10.1. The van der Waals surface area contributed by atoms with E-state index in [2.05, 4.69) is 5.32 Å². The summed E-state index contributed by atoms with van der Waals surface area (Å²) in [6, 6.07) is 0. The predicted molar refractivity (Wildman–Crippen MR) is 55.9 cm³/mol. The third-order valence-electron chi connectivity index (χ3n) is 1.99. The summed E-state index contributed by atoms with van der Waals surface area (Å²) in [5.74, 6) is 0. The average molecular weight is 239 g/mol. The molecule has 0 aromatic rings. The van der Waals surface area contributed by atoms with Gasteiger partial charge in [-0.3, -0.25) is 0 Å². The Hall–Kier alpha value is -0.280. The largest absolute Gasteiger partial charge is 0.394 e. The Bertz CT molecular complexity index is 159. The minimum Gasteiger partial charge on any atom is -0.394 e. The summed E-state index contributed by atoms with van der Waals surface area (Å²) in [5, 5.41) is 47.4. The molecule has 0 amide bonds. The van der Waals surface area contributed by atoms with E-state index in [1.807, 2.05) is 0 Å². The zero-order chi connectivity index (χ0) is 12.4. The standard InChI is InChI=1S/C9H21NO6/c11-2-4-16-3-1-10-5-7(13)9(15)8(14)6-12/h7-15H,1-6H2. The Balaban J connectivity index is 3.45. The lowest BCUT2D eigenvalue weighted by Crippen LogP contribution is -2.45. The molecule has 3 unspecified atom stereocenters. The number of hydrogen-bond donors (Lipinski definition) is 6. The second-order valence-corrected chi connectivity index (χ2v) is 3.35. The molecule has 16 heavy (non-hydrogen) atoms. The maximum Gasteiger partial charge on any atom is 0.109 e. The van der Waals surface area contributed by atoms with Crippen molar-refractivity contribution < 1.29 is 30.3 Å². The highest BCUT2D eigenvalue weighted by molar-refractivity contribution is 4.76.